The fourth-order valence-electron chi connectivity index (χ4n) is 2.79. The number of rotatable bonds is 3. The zero-order chi connectivity index (χ0) is 12.7. The Morgan fingerprint density at radius 2 is 1.68 bits per heavy atom. The van der Waals surface area contributed by atoms with Crippen LogP contribution in [0.2, 0.25) is 0 Å². The van der Waals surface area contributed by atoms with E-state index in [1.165, 1.54) is 16.5 Å². The van der Waals surface area contributed by atoms with Crippen molar-refractivity contribution in [2.75, 3.05) is 6.61 Å². The van der Waals surface area contributed by atoms with Crippen LogP contribution in [0.15, 0.2) is 66.9 Å². The fraction of sp³-hybridized carbons (Fsp3) is 0.176. The second kappa shape index (κ2) is 4.25. The third kappa shape index (κ3) is 1.85. The summed E-state index contributed by atoms with van der Waals surface area (Å²) in [6.45, 7) is 0.853. The summed E-state index contributed by atoms with van der Waals surface area (Å²) in [7, 11) is 0. The molecule has 1 aliphatic heterocycles. The predicted octanol–water partition coefficient (Wildman–Crippen LogP) is 3.63. The number of para-hydroxylation sites is 1. The fourth-order valence-corrected chi connectivity index (χ4v) is 2.79. The Hall–Kier alpha value is -2.06. The predicted molar refractivity (Wildman–Crippen MR) is 76.3 cm³/mol. The lowest BCUT2D eigenvalue weighted by Crippen LogP contribution is -2.15. The van der Waals surface area contributed by atoms with Gasteiger partial charge in [-0.15, -0.1) is 0 Å². The van der Waals surface area contributed by atoms with Crippen LogP contribution in [0.4, 0.5) is 0 Å². The Morgan fingerprint density at radius 3 is 2.47 bits per heavy atom. The first-order chi connectivity index (χ1) is 9.43. The van der Waals surface area contributed by atoms with Crippen molar-refractivity contribution >= 4 is 10.9 Å². The van der Waals surface area contributed by atoms with Gasteiger partial charge in [0, 0.05) is 11.7 Å². The van der Waals surface area contributed by atoms with Crippen LogP contribution in [0.1, 0.15) is 11.6 Å². The van der Waals surface area contributed by atoms with Crippen LogP contribution in [0.5, 0.6) is 0 Å². The molecule has 19 heavy (non-hydrogen) atoms. The smallest absolute Gasteiger partial charge is 0.106 e. The summed E-state index contributed by atoms with van der Waals surface area (Å²) in [6.07, 6.45) is 2.47. The second-order valence-corrected chi connectivity index (χ2v) is 5.01. The first-order valence-electron chi connectivity index (χ1n) is 6.65. The lowest BCUT2D eigenvalue weighted by atomic mass is 10.0. The van der Waals surface area contributed by atoms with Crippen molar-refractivity contribution in [1.29, 1.82) is 0 Å². The molecular formula is C17H15NO. The maximum atomic E-state index is 5.58. The van der Waals surface area contributed by atoms with Crippen molar-refractivity contribution in [3.8, 4) is 0 Å². The molecule has 2 unspecified atom stereocenters. The van der Waals surface area contributed by atoms with Crippen LogP contribution in [-0.4, -0.2) is 17.3 Å². The van der Waals surface area contributed by atoms with Gasteiger partial charge in [-0.3, -0.25) is 0 Å². The van der Waals surface area contributed by atoms with E-state index in [1.807, 2.05) is 0 Å². The van der Waals surface area contributed by atoms with Gasteiger partial charge in [0.25, 0.3) is 0 Å². The summed E-state index contributed by atoms with van der Waals surface area (Å²) in [5.74, 6) is 0. The molecule has 4 rings (SSSR count). The number of fused-ring (bicyclic) bond motifs is 1. The van der Waals surface area contributed by atoms with Crippen LogP contribution in [-0.2, 0) is 4.74 Å². The first-order valence-corrected chi connectivity index (χ1v) is 6.65. The molecule has 0 radical (unpaired) electrons. The zero-order valence-electron chi connectivity index (χ0n) is 10.6. The number of ether oxygens (including phenoxy) is 1. The number of benzene rings is 2. The van der Waals surface area contributed by atoms with Gasteiger partial charge < -0.3 is 9.30 Å². The maximum Gasteiger partial charge on any atom is 0.106 e. The van der Waals surface area contributed by atoms with Gasteiger partial charge in [-0.2, -0.15) is 0 Å². The van der Waals surface area contributed by atoms with E-state index < -0.39 is 0 Å². The molecule has 0 aliphatic carbocycles. The van der Waals surface area contributed by atoms with Crippen LogP contribution in [0.25, 0.3) is 10.9 Å². The summed E-state index contributed by atoms with van der Waals surface area (Å²) in [6, 6.07) is 21.6. The topological polar surface area (TPSA) is 17.5 Å². The van der Waals surface area contributed by atoms with Gasteiger partial charge in [0.1, 0.15) is 6.10 Å². The molecule has 2 nitrogen and oxygen atoms in total. The van der Waals surface area contributed by atoms with E-state index in [2.05, 4.69) is 71.4 Å². The second-order valence-electron chi connectivity index (χ2n) is 5.01. The van der Waals surface area contributed by atoms with Crippen molar-refractivity contribution < 1.29 is 4.74 Å². The molecule has 1 fully saturated rings. The first kappa shape index (κ1) is 10.8. The Labute approximate surface area is 112 Å². The Bertz CT molecular complexity index is 697. The Kier molecular flexibility index (Phi) is 2.42. The average Bonchev–Trinajstić information content (AvgIpc) is 3.21. The highest BCUT2D eigenvalue weighted by atomic mass is 16.6. The summed E-state index contributed by atoms with van der Waals surface area (Å²) in [5, 5.41) is 1.28. The lowest BCUT2D eigenvalue weighted by Gasteiger charge is -2.18. The third-order valence-electron chi connectivity index (χ3n) is 3.78. The molecule has 3 aromatic rings. The molecule has 2 heteroatoms. The van der Waals surface area contributed by atoms with Crippen LogP contribution in [0.3, 0.4) is 0 Å². The highest BCUT2D eigenvalue weighted by Crippen LogP contribution is 2.34. The van der Waals surface area contributed by atoms with E-state index in [0.717, 1.165) is 6.61 Å². The quantitative estimate of drug-likeness (QED) is 0.648. The van der Waals surface area contributed by atoms with Crippen molar-refractivity contribution in [1.82, 2.24) is 4.57 Å². The standard InChI is InChI=1S/C17H15NO/c1-2-7-14(8-3-1)17(16-12-19-16)18-11-10-13-6-4-5-9-15(13)18/h1-11,16-17H,12H2. The molecule has 94 valence electrons. The lowest BCUT2D eigenvalue weighted by molar-refractivity contribution is 0.356. The normalized spacial score (nSPS) is 19.5. The maximum absolute atomic E-state index is 5.58. The van der Waals surface area contributed by atoms with Gasteiger partial charge >= 0.3 is 0 Å². The van der Waals surface area contributed by atoms with Crippen LogP contribution >= 0.6 is 0 Å². The highest BCUT2D eigenvalue weighted by molar-refractivity contribution is 5.80. The Balaban J connectivity index is 1.87. The van der Waals surface area contributed by atoms with Gasteiger partial charge in [0.2, 0.25) is 0 Å². The summed E-state index contributed by atoms with van der Waals surface area (Å²) >= 11 is 0. The van der Waals surface area contributed by atoms with E-state index in [1.54, 1.807) is 0 Å². The van der Waals surface area contributed by atoms with Gasteiger partial charge in [-0.05, 0) is 23.1 Å². The minimum absolute atomic E-state index is 0.279. The molecule has 1 aliphatic rings. The minimum Gasteiger partial charge on any atom is -0.370 e. The molecule has 0 spiro atoms. The zero-order valence-corrected chi connectivity index (χ0v) is 10.6. The van der Waals surface area contributed by atoms with Gasteiger partial charge in [-0.1, -0.05) is 48.5 Å². The van der Waals surface area contributed by atoms with Crippen molar-refractivity contribution in [3.63, 3.8) is 0 Å². The van der Waals surface area contributed by atoms with E-state index in [-0.39, 0.29) is 6.04 Å². The van der Waals surface area contributed by atoms with E-state index in [9.17, 15) is 0 Å². The molecule has 0 saturated carbocycles. The molecule has 1 aromatic heterocycles. The molecule has 0 bridgehead atoms. The number of hydrogen-bond donors (Lipinski definition) is 0. The van der Waals surface area contributed by atoms with E-state index >= 15 is 0 Å². The summed E-state index contributed by atoms with van der Waals surface area (Å²) in [4.78, 5) is 0. The van der Waals surface area contributed by atoms with Gasteiger partial charge in [0.05, 0.1) is 12.6 Å². The minimum atomic E-state index is 0.279. The molecular weight excluding hydrogens is 234 g/mol. The molecule has 1 saturated heterocycles. The van der Waals surface area contributed by atoms with Crippen molar-refractivity contribution in [2.24, 2.45) is 0 Å². The van der Waals surface area contributed by atoms with Crippen molar-refractivity contribution in [2.45, 2.75) is 12.1 Å². The number of hydrogen-bond acceptors (Lipinski definition) is 1. The van der Waals surface area contributed by atoms with Crippen LogP contribution < -0.4 is 0 Å². The number of aromatic nitrogens is 1. The Morgan fingerprint density at radius 1 is 0.947 bits per heavy atom. The number of nitrogens with zero attached hydrogens (tertiary/aromatic N) is 1. The average molecular weight is 249 g/mol. The third-order valence-corrected chi connectivity index (χ3v) is 3.78. The summed E-state index contributed by atoms with van der Waals surface area (Å²) < 4.78 is 7.91. The SMILES string of the molecule is c1ccc(C(C2CO2)n2ccc3ccccc32)cc1. The largest absolute Gasteiger partial charge is 0.370 e. The highest BCUT2D eigenvalue weighted by Gasteiger charge is 2.35. The molecule has 2 atom stereocenters. The molecule has 2 heterocycles. The van der Waals surface area contributed by atoms with Gasteiger partial charge in [0.15, 0.2) is 0 Å². The monoisotopic (exact) mass is 249 g/mol. The van der Waals surface area contributed by atoms with E-state index in [4.69, 9.17) is 4.74 Å². The molecule has 2 aromatic carbocycles. The summed E-state index contributed by atoms with van der Waals surface area (Å²) in [5.41, 5.74) is 2.58. The van der Waals surface area contributed by atoms with Gasteiger partial charge in [-0.25, -0.2) is 0 Å². The van der Waals surface area contributed by atoms with E-state index in [0.29, 0.717) is 6.10 Å². The van der Waals surface area contributed by atoms with Crippen molar-refractivity contribution in [3.05, 3.63) is 72.4 Å². The molecule has 0 amide bonds. The van der Waals surface area contributed by atoms with Crippen LogP contribution in [0, 0.1) is 0 Å². The molecule has 0 N–H and O–H groups in total. The number of epoxide rings is 1.